The van der Waals surface area contributed by atoms with E-state index in [1.165, 1.54) is 12.8 Å². The molecule has 1 atom stereocenters. The number of aliphatic hydroxyl groups is 1. The first-order valence-electron chi connectivity index (χ1n) is 6.30. The van der Waals surface area contributed by atoms with Gasteiger partial charge in [0, 0.05) is 12.1 Å². The second kappa shape index (κ2) is 6.36. The average Bonchev–Trinajstić information content (AvgIpc) is 2.39. The van der Waals surface area contributed by atoms with Crippen LogP contribution in [-0.2, 0) is 6.61 Å². The van der Waals surface area contributed by atoms with E-state index in [2.05, 4.69) is 16.9 Å². The molecule has 2 rings (SSSR count). The van der Waals surface area contributed by atoms with Crippen molar-refractivity contribution in [3.8, 4) is 5.88 Å². The first kappa shape index (κ1) is 13.6. The molecule has 1 unspecified atom stereocenters. The number of hydrogen-bond acceptors (Lipinski definition) is 4. The van der Waals surface area contributed by atoms with Gasteiger partial charge in [0.1, 0.15) is 6.61 Å². The standard InChI is InChI=1S/C13H19ClN2O2/c1-16-7-3-2-4-10(16)9-18-13-6-5-11(14)12(8-17)15-13/h5-6,10,17H,2-4,7-9H2,1H3. The third-order valence-corrected chi connectivity index (χ3v) is 3.73. The maximum absolute atomic E-state index is 9.09. The van der Waals surface area contributed by atoms with Crippen molar-refractivity contribution in [3.05, 3.63) is 22.8 Å². The summed E-state index contributed by atoms with van der Waals surface area (Å²) < 4.78 is 5.69. The zero-order valence-corrected chi connectivity index (χ0v) is 11.4. The number of pyridine rings is 1. The van der Waals surface area contributed by atoms with Gasteiger partial charge in [0.15, 0.2) is 0 Å². The third kappa shape index (κ3) is 3.34. The fourth-order valence-electron chi connectivity index (χ4n) is 2.19. The summed E-state index contributed by atoms with van der Waals surface area (Å²) in [6.45, 7) is 1.60. The van der Waals surface area contributed by atoms with Gasteiger partial charge in [-0.1, -0.05) is 18.0 Å². The van der Waals surface area contributed by atoms with Gasteiger partial charge in [-0.15, -0.1) is 0 Å². The first-order valence-corrected chi connectivity index (χ1v) is 6.68. The van der Waals surface area contributed by atoms with Crippen molar-refractivity contribution in [1.82, 2.24) is 9.88 Å². The Balaban J connectivity index is 1.93. The Morgan fingerprint density at radius 1 is 1.50 bits per heavy atom. The number of piperidine rings is 1. The SMILES string of the molecule is CN1CCCCC1COc1ccc(Cl)c(CO)n1. The number of nitrogens with zero attached hydrogens (tertiary/aromatic N) is 2. The van der Waals surface area contributed by atoms with Crippen molar-refractivity contribution in [2.45, 2.75) is 31.9 Å². The monoisotopic (exact) mass is 270 g/mol. The summed E-state index contributed by atoms with van der Waals surface area (Å²) in [5, 5.41) is 9.56. The number of hydrogen-bond donors (Lipinski definition) is 1. The molecule has 0 aliphatic carbocycles. The topological polar surface area (TPSA) is 45.6 Å². The van der Waals surface area contributed by atoms with Crippen molar-refractivity contribution in [3.63, 3.8) is 0 Å². The molecule has 1 saturated heterocycles. The van der Waals surface area contributed by atoms with Gasteiger partial charge in [-0.25, -0.2) is 4.98 Å². The molecule has 18 heavy (non-hydrogen) atoms. The Morgan fingerprint density at radius 3 is 3.06 bits per heavy atom. The molecule has 5 heteroatoms. The highest BCUT2D eigenvalue weighted by atomic mass is 35.5. The van der Waals surface area contributed by atoms with Gasteiger partial charge in [0.2, 0.25) is 5.88 Å². The first-order chi connectivity index (χ1) is 8.70. The summed E-state index contributed by atoms with van der Waals surface area (Å²) in [5.41, 5.74) is 0.464. The van der Waals surface area contributed by atoms with Crippen molar-refractivity contribution in [2.75, 3.05) is 20.2 Å². The number of rotatable bonds is 4. The largest absolute Gasteiger partial charge is 0.476 e. The molecule has 0 aromatic carbocycles. The van der Waals surface area contributed by atoms with Crippen LogP contribution in [0.1, 0.15) is 25.0 Å². The summed E-state index contributed by atoms with van der Waals surface area (Å²) in [6.07, 6.45) is 3.69. The second-order valence-corrected chi connectivity index (χ2v) is 5.08. The van der Waals surface area contributed by atoms with Gasteiger partial charge in [0.05, 0.1) is 17.3 Å². The molecule has 0 radical (unpaired) electrons. The maximum atomic E-state index is 9.09. The molecule has 1 aromatic rings. The molecule has 1 aliphatic heterocycles. The highest BCUT2D eigenvalue weighted by Crippen LogP contribution is 2.20. The van der Waals surface area contributed by atoms with E-state index < -0.39 is 0 Å². The van der Waals surface area contributed by atoms with Crippen molar-refractivity contribution in [1.29, 1.82) is 0 Å². The van der Waals surface area contributed by atoms with Crippen LogP contribution in [0.15, 0.2) is 12.1 Å². The Kier molecular flexibility index (Phi) is 4.80. The zero-order valence-electron chi connectivity index (χ0n) is 10.6. The number of aliphatic hydroxyl groups excluding tert-OH is 1. The number of likely N-dealkylation sites (tertiary alicyclic amines) is 1. The highest BCUT2D eigenvalue weighted by molar-refractivity contribution is 6.31. The third-order valence-electron chi connectivity index (χ3n) is 3.39. The molecule has 1 N–H and O–H groups in total. The van der Waals surface area contributed by atoms with E-state index in [-0.39, 0.29) is 6.61 Å². The molecule has 0 spiro atoms. The van der Waals surface area contributed by atoms with Crippen LogP contribution in [0.3, 0.4) is 0 Å². The molecule has 4 nitrogen and oxygen atoms in total. The van der Waals surface area contributed by atoms with Crippen LogP contribution in [0.2, 0.25) is 5.02 Å². The number of likely N-dealkylation sites (N-methyl/N-ethyl adjacent to an activating group) is 1. The lowest BCUT2D eigenvalue weighted by Gasteiger charge is -2.31. The summed E-state index contributed by atoms with van der Waals surface area (Å²) in [5.74, 6) is 0.530. The lowest BCUT2D eigenvalue weighted by molar-refractivity contribution is 0.122. The minimum atomic E-state index is -0.167. The average molecular weight is 271 g/mol. The quantitative estimate of drug-likeness (QED) is 0.910. The van der Waals surface area contributed by atoms with E-state index in [0.717, 1.165) is 13.0 Å². The molecule has 2 heterocycles. The van der Waals surface area contributed by atoms with E-state index in [4.69, 9.17) is 21.4 Å². The lowest BCUT2D eigenvalue weighted by atomic mass is 10.0. The molecule has 1 fully saturated rings. The summed E-state index contributed by atoms with van der Waals surface area (Å²) in [6, 6.07) is 3.90. The molecule has 0 saturated carbocycles. The van der Waals surface area contributed by atoms with Crippen LogP contribution in [0.4, 0.5) is 0 Å². The predicted molar refractivity (Wildman–Crippen MR) is 70.9 cm³/mol. The fourth-order valence-corrected chi connectivity index (χ4v) is 2.36. The van der Waals surface area contributed by atoms with Crippen molar-refractivity contribution in [2.24, 2.45) is 0 Å². The van der Waals surface area contributed by atoms with Crippen LogP contribution in [0, 0.1) is 0 Å². The Hall–Kier alpha value is -0.840. The molecule has 0 amide bonds. The number of ether oxygens (including phenoxy) is 1. The van der Waals surface area contributed by atoms with Crippen LogP contribution in [0.25, 0.3) is 0 Å². The Bertz CT molecular complexity index is 401. The van der Waals surface area contributed by atoms with E-state index in [9.17, 15) is 0 Å². The maximum Gasteiger partial charge on any atom is 0.213 e. The van der Waals surface area contributed by atoms with Crippen molar-refractivity contribution < 1.29 is 9.84 Å². The van der Waals surface area contributed by atoms with Gasteiger partial charge in [0.25, 0.3) is 0 Å². The number of aromatic nitrogens is 1. The lowest BCUT2D eigenvalue weighted by Crippen LogP contribution is -2.40. The summed E-state index contributed by atoms with van der Waals surface area (Å²) >= 11 is 5.88. The van der Waals surface area contributed by atoms with Gasteiger partial charge in [-0.05, 0) is 32.5 Å². The molecular formula is C13H19ClN2O2. The van der Waals surface area contributed by atoms with E-state index >= 15 is 0 Å². The highest BCUT2D eigenvalue weighted by Gasteiger charge is 2.19. The smallest absolute Gasteiger partial charge is 0.213 e. The van der Waals surface area contributed by atoms with Gasteiger partial charge in [-0.3, -0.25) is 0 Å². The summed E-state index contributed by atoms with van der Waals surface area (Å²) in [7, 11) is 2.13. The minimum absolute atomic E-state index is 0.167. The predicted octanol–water partition coefficient (Wildman–Crippen LogP) is 2.09. The normalized spacial score (nSPS) is 20.9. The molecule has 1 aliphatic rings. The van der Waals surface area contributed by atoms with Gasteiger partial charge >= 0.3 is 0 Å². The zero-order chi connectivity index (χ0) is 13.0. The van der Waals surface area contributed by atoms with E-state index in [1.54, 1.807) is 12.1 Å². The van der Waals surface area contributed by atoms with E-state index in [0.29, 0.717) is 29.2 Å². The van der Waals surface area contributed by atoms with Crippen molar-refractivity contribution >= 4 is 11.6 Å². The summed E-state index contributed by atoms with van der Waals surface area (Å²) in [4.78, 5) is 6.50. The van der Waals surface area contributed by atoms with E-state index in [1.807, 2.05) is 0 Å². The van der Waals surface area contributed by atoms with Crippen LogP contribution in [0.5, 0.6) is 5.88 Å². The minimum Gasteiger partial charge on any atom is -0.476 e. The fraction of sp³-hybridized carbons (Fsp3) is 0.615. The Morgan fingerprint density at radius 2 is 2.33 bits per heavy atom. The Labute approximate surface area is 113 Å². The molecular weight excluding hydrogens is 252 g/mol. The molecule has 100 valence electrons. The molecule has 1 aromatic heterocycles. The van der Waals surface area contributed by atoms with Gasteiger partial charge < -0.3 is 14.7 Å². The van der Waals surface area contributed by atoms with Crippen LogP contribution >= 0.6 is 11.6 Å². The van der Waals surface area contributed by atoms with Crippen LogP contribution < -0.4 is 4.74 Å². The number of halogens is 1. The second-order valence-electron chi connectivity index (χ2n) is 4.68. The van der Waals surface area contributed by atoms with Gasteiger partial charge in [-0.2, -0.15) is 0 Å². The van der Waals surface area contributed by atoms with Crippen LogP contribution in [-0.4, -0.2) is 41.2 Å². The molecule has 0 bridgehead atoms.